The molecule has 0 bridgehead atoms. The Kier molecular flexibility index (Phi) is 4.33. The second-order valence-corrected chi connectivity index (χ2v) is 6.28. The molecule has 6 nitrogen and oxygen atoms in total. The lowest BCUT2D eigenvalue weighted by molar-refractivity contribution is 0.0948. The summed E-state index contributed by atoms with van der Waals surface area (Å²) in [6, 6.07) is 10.8. The van der Waals surface area contributed by atoms with Crippen LogP contribution in [0, 0.1) is 0 Å². The number of rotatable bonds is 5. The van der Waals surface area contributed by atoms with Gasteiger partial charge in [0.2, 0.25) is 11.7 Å². The van der Waals surface area contributed by atoms with Crippen molar-refractivity contribution in [3.63, 3.8) is 0 Å². The molecule has 1 fully saturated rings. The molecule has 4 rings (SSSR count). The summed E-state index contributed by atoms with van der Waals surface area (Å²) in [5.74, 6) is 2.27. The van der Waals surface area contributed by atoms with Gasteiger partial charge in [-0.15, -0.1) is 0 Å². The number of carbonyl (C=O) groups is 1. The summed E-state index contributed by atoms with van der Waals surface area (Å²) in [7, 11) is 0. The summed E-state index contributed by atoms with van der Waals surface area (Å²) in [6.07, 6.45) is 6.28. The summed E-state index contributed by atoms with van der Waals surface area (Å²) < 4.78 is 10.6. The number of furan rings is 1. The molecular formula is C19H19N3O3. The van der Waals surface area contributed by atoms with Crippen LogP contribution in [0.1, 0.15) is 53.6 Å². The third-order valence-corrected chi connectivity index (χ3v) is 4.55. The summed E-state index contributed by atoms with van der Waals surface area (Å²) in [6.45, 7) is 0.364. The minimum absolute atomic E-state index is 0.150. The molecule has 1 N–H and O–H groups in total. The standard InChI is InChI=1S/C19H19N3O3/c23-18(20-12-16-6-3-11-24-16)14-9-7-13(8-10-14)17-21-19(25-22-17)15-4-1-2-5-15/h3,6-11,15H,1-2,4-5,12H2,(H,20,23). The molecule has 2 aromatic heterocycles. The van der Waals surface area contributed by atoms with E-state index in [2.05, 4.69) is 15.5 Å². The number of carbonyl (C=O) groups excluding carboxylic acids is 1. The molecule has 1 aliphatic carbocycles. The monoisotopic (exact) mass is 337 g/mol. The molecule has 3 aromatic rings. The van der Waals surface area contributed by atoms with Crippen molar-refractivity contribution in [2.24, 2.45) is 0 Å². The Balaban J connectivity index is 1.42. The van der Waals surface area contributed by atoms with Crippen LogP contribution in [0.4, 0.5) is 0 Å². The van der Waals surface area contributed by atoms with Crippen molar-refractivity contribution in [2.45, 2.75) is 38.1 Å². The second kappa shape index (κ2) is 6.93. The predicted molar refractivity (Wildman–Crippen MR) is 90.8 cm³/mol. The third kappa shape index (κ3) is 3.47. The van der Waals surface area contributed by atoms with Gasteiger partial charge in [-0.2, -0.15) is 4.98 Å². The Morgan fingerprint density at radius 3 is 2.68 bits per heavy atom. The van der Waals surface area contributed by atoms with Crippen molar-refractivity contribution < 1.29 is 13.7 Å². The zero-order valence-corrected chi connectivity index (χ0v) is 13.8. The maximum absolute atomic E-state index is 12.2. The highest BCUT2D eigenvalue weighted by atomic mass is 16.5. The maximum atomic E-state index is 12.2. The Morgan fingerprint density at radius 2 is 1.96 bits per heavy atom. The molecule has 0 aliphatic heterocycles. The summed E-state index contributed by atoms with van der Waals surface area (Å²) >= 11 is 0. The number of hydrogen-bond acceptors (Lipinski definition) is 5. The van der Waals surface area contributed by atoms with Crippen molar-refractivity contribution in [1.29, 1.82) is 0 Å². The van der Waals surface area contributed by atoms with E-state index in [0.717, 1.165) is 30.1 Å². The first-order valence-electron chi connectivity index (χ1n) is 8.54. The molecule has 1 saturated carbocycles. The van der Waals surface area contributed by atoms with E-state index in [4.69, 9.17) is 8.94 Å². The van der Waals surface area contributed by atoms with Crippen LogP contribution in [0.3, 0.4) is 0 Å². The SMILES string of the molecule is O=C(NCc1ccco1)c1ccc(-c2noc(C3CCCC3)n2)cc1. The molecule has 2 heterocycles. The number of nitrogens with one attached hydrogen (secondary N) is 1. The average molecular weight is 337 g/mol. The van der Waals surface area contributed by atoms with Gasteiger partial charge in [-0.3, -0.25) is 4.79 Å². The van der Waals surface area contributed by atoms with Gasteiger partial charge in [-0.05, 0) is 37.1 Å². The fraction of sp³-hybridized carbons (Fsp3) is 0.316. The number of nitrogens with zero attached hydrogens (tertiary/aromatic N) is 2. The topological polar surface area (TPSA) is 81.2 Å². The van der Waals surface area contributed by atoms with E-state index >= 15 is 0 Å². The molecule has 1 aromatic carbocycles. The highest BCUT2D eigenvalue weighted by Crippen LogP contribution is 2.33. The summed E-state index contributed by atoms with van der Waals surface area (Å²) in [5, 5.41) is 6.90. The van der Waals surface area contributed by atoms with Crippen LogP contribution >= 0.6 is 0 Å². The van der Waals surface area contributed by atoms with E-state index in [0.29, 0.717) is 23.9 Å². The van der Waals surface area contributed by atoms with E-state index in [-0.39, 0.29) is 5.91 Å². The zero-order valence-electron chi connectivity index (χ0n) is 13.8. The first-order chi connectivity index (χ1) is 12.3. The Labute approximate surface area is 145 Å². The van der Waals surface area contributed by atoms with Crippen molar-refractivity contribution in [3.05, 3.63) is 59.9 Å². The molecule has 0 atom stereocenters. The molecular weight excluding hydrogens is 318 g/mol. The molecule has 1 aliphatic rings. The van der Waals surface area contributed by atoms with Gasteiger partial charge in [0.15, 0.2) is 0 Å². The normalized spacial score (nSPS) is 14.7. The van der Waals surface area contributed by atoms with E-state index in [1.165, 1.54) is 12.8 Å². The first kappa shape index (κ1) is 15.6. The highest BCUT2D eigenvalue weighted by Gasteiger charge is 2.23. The fourth-order valence-electron chi connectivity index (χ4n) is 3.14. The van der Waals surface area contributed by atoms with Gasteiger partial charge in [0.1, 0.15) is 5.76 Å². The average Bonchev–Trinajstić information content (AvgIpc) is 3.42. The zero-order chi connectivity index (χ0) is 17.1. The number of benzene rings is 1. The molecule has 0 radical (unpaired) electrons. The van der Waals surface area contributed by atoms with Gasteiger partial charge in [0.25, 0.3) is 5.91 Å². The minimum atomic E-state index is -0.150. The number of amides is 1. The molecule has 0 spiro atoms. The van der Waals surface area contributed by atoms with Gasteiger partial charge in [-0.1, -0.05) is 30.1 Å². The molecule has 1 amide bonds. The largest absolute Gasteiger partial charge is 0.467 e. The number of hydrogen-bond donors (Lipinski definition) is 1. The van der Waals surface area contributed by atoms with Gasteiger partial charge in [-0.25, -0.2) is 0 Å². The third-order valence-electron chi connectivity index (χ3n) is 4.55. The van der Waals surface area contributed by atoms with Crippen molar-refractivity contribution in [2.75, 3.05) is 0 Å². The minimum Gasteiger partial charge on any atom is -0.467 e. The maximum Gasteiger partial charge on any atom is 0.251 e. The predicted octanol–water partition coefficient (Wildman–Crippen LogP) is 3.92. The lowest BCUT2D eigenvalue weighted by Gasteiger charge is -2.04. The molecule has 25 heavy (non-hydrogen) atoms. The lowest BCUT2D eigenvalue weighted by atomic mass is 10.1. The van der Waals surface area contributed by atoms with Crippen LogP contribution in [0.15, 0.2) is 51.6 Å². The van der Waals surface area contributed by atoms with Crippen molar-refractivity contribution in [3.8, 4) is 11.4 Å². The van der Waals surface area contributed by atoms with Crippen LogP contribution in [0.2, 0.25) is 0 Å². The van der Waals surface area contributed by atoms with Gasteiger partial charge < -0.3 is 14.3 Å². The van der Waals surface area contributed by atoms with Crippen molar-refractivity contribution >= 4 is 5.91 Å². The smallest absolute Gasteiger partial charge is 0.251 e. The summed E-state index contributed by atoms with van der Waals surface area (Å²) in [4.78, 5) is 16.7. The molecule has 0 unspecified atom stereocenters. The second-order valence-electron chi connectivity index (χ2n) is 6.28. The molecule has 6 heteroatoms. The van der Waals surface area contributed by atoms with E-state index in [1.807, 2.05) is 18.2 Å². The Bertz CT molecular complexity index is 831. The van der Waals surface area contributed by atoms with Gasteiger partial charge in [0.05, 0.1) is 12.8 Å². The van der Waals surface area contributed by atoms with Crippen LogP contribution in [0.5, 0.6) is 0 Å². The van der Waals surface area contributed by atoms with Gasteiger partial charge >= 0.3 is 0 Å². The van der Waals surface area contributed by atoms with E-state index < -0.39 is 0 Å². The van der Waals surface area contributed by atoms with E-state index in [9.17, 15) is 4.79 Å². The van der Waals surface area contributed by atoms with Crippen LogP contribution < -0.4 is 5.32 Å². The quantitative estimate of drug-likeness (QED) is 0.763. The Hall–Kier alpha value is -2.89. The van der Waals surface area contributed by atoms with Crippen LogP contribution in [-0.2, 0) is 6.54 Å². The first-order valence-corrected chi connectivity index (χ1v) is 8.54. The van der Waals surface area contributed by atoms with Crippen LogP contribution in [-0.4, -0.2) is 16.0 Å². The highest BCUT2D eigenvalue weighted by molar-refractivity contribution is 5.94. The molecule has 128 valence electrons. The van der Waals surface area contributed by atoms with Gasteiger partial charge in [0, 0.05) is 17.0 Å². The summed E-state index contributed by atoms with van der Waals surface area (Å²) in [5.41, 5.74) is 1.42. The molecule has 0 saturated heterocycles. The number of aromatic nitrogens is 2. The van der Waals surface area contributed by atoms with Crippen LogP contribution in [0.25, 0.3) is 11.4 Å². The van der Waals surface area contributed by atoms with E-state index in [1.54, 1.807) is 24.5 Å². The fourth-order valence-corrected chi connectivity index (χ4v) is 3.14. The lowest BCUT2D eigenvalue weighted by Crippen LogP contribution is -2.22. The Morgan fingerprint density at radius 1 is 1.16 bits per heavy atom. The van der Waals surface area contributed by atoms with Crippen molar-refractivity contribution in [1.82, 2.24) is 15.5 Å².